The van der Waals surface area contributed by atoms with Gasteiger partial charge in [-0.05, 0) is 43.5 Å². The van der Waals surface area contributed by atoms with Crippen molar-refractivity contribution < 1.29 is 9.53 Å². The summed E-state index contributed by atoms with van der Waals surface area (Å²) in [4.78, 5) is 15.0. The Hall–Kier alpha value is -2.32. The minimum Gasteiger partial charge on any atom is -0.383 e. The number of ketones is 1. The van der Waals surface area contributed by atoms with Gasteiger partial charge in [-0.1, -0.05) is 6.07 Å². The Bertz CT molecular complexity index is 866. The van der Waals surface area contributed by atoms with Gasteiger partial charge in [0.1, 0.15) is 6.54 Å². The zero-order valence-corrected chi connectivity index (χ0v) is 15.6. The van der Waals surface area contributed by atoms with Crippen LogP contribution in [0.25, 0.3) is 10.7 Å². The Morgan fingerprint density at radius 1 is 1.40 bits per heavy atom. The van der Waals surface area contributed by atoms with E-state index in [0.717, 1.165) is 16.3 Å². The number of carbonyl (C=O) groups excluding carboxylic acids is 1. The number of aromatic nitrogens is 5. The molecule has 3 rings (SSSR count). The summed E-state index contributed by atoms with van der Waals surface area (Å²) in [5, 5.41) is 14.3. The minimum atomic E-state index is -0.0286. The van der Waals surface area contributed by atoms with Crippen LogP contribution in [-0.2, 0) is 11.3 Å². The van der Waals surface area contributed by atoms with Gasteiger partial charge < -0.3 is 9.30 Å². The topological polar surface area (TPSA) is 74.8 Å². The van der Waals surface area contributed by atoms with Gasteiger partial charge in [0.15, 0.2) is 5.78 Å². The molecule has 0 spiro atoms. The van der Waals surface area contributed by atoms with Crippen molar-refractivity contribution in [2.45, 2.75) is 33.4 Å². The van der Waals surface area contributed by atoms with Crippen LogP contribution >= 0.6 is 11.3 Å². The summed E-state index contributed by atoms with van der Waals surface area (Å²) < 4.78 is 7.36. The van der Waals surface area contributed by atoms with E-state index in [4.69, 9.17) is 4.74 Å². The molecular weight excluding hydrogens is 338 g/mol. The smallest absolute Gasteiger partial charge is 0.214 e. The maximum absolute atomic E-state index is 12.7. The number of nitrogens with zero attached hydrogens (tertiary/aromatic N) is 5. The third-order valence-electron chi connectivity index (χ3n) is 4.11. The fraction of sp³-hybridized carbons (Fsp3) is 0.412. The fourth-order valence-electron chi connectivity index (χ4n) is 3.08. The van der Waals surface area contributed by atoms with E-state index in [-0.39, 0.29) is 18.4 Å². The molecule has 0 fully saturated rings. The average molecular weight is 359 g/mol. The Kier molecular flexibility index (Phi) is 5.10. The Morgan fingerprint density at radius 2 is 2.20 bits per heavy atom. The van der Waals surface area contributed by atoms with Crippen molar-refractivity contribution in [2.24, 2.45) is 0 Å². The van der Waals surface area contributed by atoms with Crippen molar-refractivity contribution >= 4 is 17.1 Å². The third kappa shape index (κ3) is 3.54. The summed E-state index contributed by atoms with van der Waals surface area (Å²) in [5.41, 5.74) is 2.66. The van der Waals surface area contributed by atoms with Gasteiger partial charge in [-0.2, -0.15) is 4.80 Å². The van der Waals surface area contributed by atoms with Crippen molar-refractivity contribution in [1.82, 2.24) is 24.8 Å². The lowest BCUT2D eigenvalue weighted by Crippen LogP contribution is -2.16. The first-order chi connectivity index (χ1) is 12.0. The number of thiophene rings is 1. The summed E-state index contributed by atoms with van der Waals surface area (Å²) in [6, 6.07) is 5.95. The first-order valence-electron chi connectivity index (χ1n) is 8.03. The normalized spacial score (nSPS) is 12.5. The van der Waals surface area contributed by atoms with Crippen molar-refractivity contribution in [3.05, 3.63) is 40.5 Å². The van der Waals surface area contributed by atoms with Gasteiger partial charge in [-0.25, -0.2) is 0 Å². The van der Waals surface area contributed by atoms with E-state index in [2.05, 4.69) is 26.9 Å². The second-order valence-corrected chi connectivity index (χ2v) is 6.95. The van der Waals surface area contributed by atoms with Gasteiger partial charge in [0.05, 0.1) is 17.5 Å². The molecule has 0 bridgehead atoms. The van der Waals surface area contributed by atoms with Gasteiger partial charge in [-0.3, -0.25) is 4.79 Å². The van der Waals surface area contributed by atoms with Crippen LogP contribution in [0, 0.1) is 13.8 Å². The molecule has 132 valence electrons. The van der Waals surface area contributed by atoms with Gasteiger partial charge in [0, 0.05) is 24.1 Å². The number of tetrazole rings is 1. The molecule has 3 aromatic heterocycles. The van der Waals surface area contributed by atoms with Crippen LogP contribution in [0.5, 0.6) is 0 Å². The van der Waals surface area contributed by atoms with E-state index < -0.39 is 0 Å². The SMILES string of the molecule is COC[C@@H](C)n1c(C)cc(C(=O)Cn2nnc(-c3cccs3)n2)c1C. The van der Waals surface area contributed by atoms with E-state index in [1.165, 1.54) is 4.80 Å². The molecule has 0 aliphatic carbocycles. The number of ether oxygens (including phenoxy) is 1. The average Bonchev–Trinajstić information content (AvgIpc) is 3.28. The summed E-state index contributed by atoms with van der Waals surface area (Å²) in [7, 11) is 1.68. The van der Waals surface area contributed by atoms with Crippen LogP contribution in [0.4, 0.5) is 0 Å². The molecule has 7 nitrogen and oxygen atoms in total. The molecular formula is C17H21N5O2S. The van der Waals surface area contributed by atoms with Crippen LogP contribution < -0.4 is 0 Å². The van der Waals surface area contributed by atoms with E-state index in [0.29, 0.717) is 18.0 Å². The largest absolute Gasteiger partial charge is 0.383 e. The van der Waals surface area contributed by atoms with Gasteiger partial charge in [-0.15, -0.1) is 21.5 Å². The van der Waals surface area contributed by atoms with Gasteiger partial charge in [0.2, 0.25) is 5.82 Å². The third-order valence-corrected chi connectivity index (χ3v) is 4.98. The maximum atomic E-state index is 12.7. The Morgan fingerprint density at radius 3 is 2.88 bits per heavy atom. The molecule has 0 amide bonds. The van der Waals surface area contributed by atoms with Crippen LogP contribution in [0.15, 0.2) is 23.6 Å². The predicted molar refractivity (Wildman–Crippen MR) is 96.0 cm³/mol. The highest BCUT2D eigenvalue weighted by Crippen LogP contribution is 2.22. The fourth-order valence-corrected chi connectivity index (χ4v) is 3.73. The molecule has 0 unspecified atom stereocenters. The summed E-state index contributed by atoms with van der Waals surface area (Å²) >= 11 is 1.54. The number of hydrogen-bond donors (Lipinski definition) is 0. The van der Waals surface area contributed by atoms with Gasteiger partial charge >= 0.3 is 0 Å². The molecule has 0 aromatic carbocycles. The van der Waals surface area contributed by atoms with Crippen LogP contribution in [0.2, 0.25) is 0 Å². The highest BCUT2D eigenvalue weighted by Gasteiger charge is 2.20. The zero-order valence-electron chi connectivity index (χ0n) is 14.8. The molecule has 8 heteroatoms. The number of aryl methyl sites for hydroxylation is 1. The first kappa shape index (κ1) is 17.5. The highest BCUT2D eigenvalue weighted by molar-refractivity contribution is 7.13. The van der Waals surface area contributed by atoms with Crippen molar-refractivity contribution in [3.63, 3.8) is 0 Å². The van der Waals surface area contributed by atoms with E-state index >= 15 is 0 Å². The maximum Gasteiger partial charge on any atom is 0.214 e. The Balaban J connectivity index is 1.79. The second-order valence-electron chi connectivity index (χ2n) is 6.00. The number of methoxy groups -OCH3 is 1. The number of carbonyl (C=O) groups is 1. The number of rotatable bonds is 7. The molecule has 1 atom stereocenters. The van der Waals surface area contributed by atoms with Crippen molar-refractivity contribution in [2.75, 3.05) is 13.7 Å². The number of hydrogen-bond acceptors (Lipinski definition) is 6. The summed E-state index contributed by atoms with van der Waals surface area (Å²) in [5.74, 6) is 0.515. The summed E-state index contributed by atoms with van der Waals surface area (Å²) in [6.45, 7) is 6.70. The quantitative estimate of drug-likeness (QED) is 0.606. The first-order valence-corrected chi connectivity index (χ1v) is 8.91. The predicted octanol–water partition coefficient (Wildman–Crippen LogP) is 2.91. The number of Topliss-reactive ketones (excluding diaryl/α,β-unsaturated/α-hetero) is 1. The van der Waals surface area contributed by atoms with Crippen molar-refractivity contribution in [1.29, 1.82) is 0 Å². The van der Waals surface area contributed by atoms with E-state index in [1.54, 1.807) is 18.4 Å². The highest BCUT2D eigenvalue weighted by atomic mass is 32.1. The van der Waals surface area contributed by atoms with Crippen LogP contribution in [0.3, 0.4) is 0 Å². The molecule has 25 heavy (non-hydrogen) atoms. The standard InChI is InChI=1S/C17H21N5O2S/c1-11-8-14(13(3)22(11)12(2)10-24-4)15(23)9-21-19-17(18-20-21)16-6-5-7-25-16/h5-8,12H,9-10H2,1-4H3/t12-/m1/s1. The van der Waals surface area contributed by atoms with Crippen LogP contribution in [-0.4, -0.2) is 44.3 Å². The molecule has 0 saturated heterocycles. The molecule has 0 saturated carbocycles. The van der Waals surface area contributed by atoms with Crippen LogP contribution in [0.1, 0.15) is 34.7 Å². The monoisotopic (exact) mass is 359 g/mol. The summed E-state index contributed by atoms with van der Waals surface area (Å²) in [6.07, 6.45) is 0. The van der Waals surface area contributed by atoms with E-state index in [9.17, 15) is 4.79 Å². The molecule has 0 aliphatic heterocycles. The molecule has 0 N–H and O–H groups in total. The molecule has 3 aromatic rings. The lowest BCUT2D eigenvalue weighted by atomic mass is 10.1. The Labute approximate surface area is 150 Å². The van der Waals surface area contributed by atoms with E-state index in [1.807, 2.05) is 37.4 Å². The molecule has 3 heterocycles. The minimum absolute atomic E-state index is 0.0286. The lowest BCUT2D eigenvalue weighted by molar-refractivity contribution is 0.0960. The molecule has 0 aliphatic rings. The van der Waals surface area contributed by atoms with Gasteiger partial charge in [0.25, 0.3) is 0 Å². The lowest BCUT2D eigenvalue weighted by Gasteiger charge is -2.17. The van der Waals surface area contributed by atoms with Crippen molar-refractivity contribution in [3.8, 4) is 10.7 Å². The second kappa shape index (κ2) is 7.28. The zero-order chi connectivity index (χ0) is 18.0. The molecule has 0 radical (unpaired) electrons.